The number of nitrogens with one attached hydrogen (secondary N) is 1. The number of methoxy groups -OCH3 is 1. The molecule has 0 spiro atoms. The lowest BCUT2D eigenvalue weighted by atomic mass is 10.1. The van der Waals surface area contributed by atoms with Crippen LogP contribution in [0.4, 0.5) is 4.39 Å². The molecule has 0 amide bonds. The first-order valence-electron chi connectivity index (χ1n) is 5.46. The fourth-order valence-electron chi connectivity index (χ4n) is 1.50. The van der Waals surface area contributed by atoms with E-state index in [0.29, 0.717) is 5.92 Å². The molecule has 2 unspecified atom stereocenters. The maximum absolute atomic E-state index is 12.9. The fourth-order valence-corrected chi connectivity index (χ4v) is 1.50. The first-order chi connectivity index (χ1) is 7.63. The van der Waals surface area contributed by atoms with Crippen molar-refractivity contribution < 1.29 is 9.13 Å². The Morgan fingerprint density at radius 2 is 2.19 bits per heavy atom. The predicted octanol–water partition coefficient (Wildman–Crippen LogP) is 2.15. The number of rotatable bonds is 6. The van der Waals surface area contributed by atoms with Gasteiger partial charge in [0.25, 0.3) is 0 Å². The molecule has 3 nitrogen and oxygen atoms in total. The number of halogens is 1. The van der Waals surface area contributed by atoms with Crippen molar-refractivity contribution in [1.82, 2.24) is 10.3 Å². The van der Waals surface area contributed by atoms with Crippen LogP contribution in [0.5, 0.6) is 0 Å². The molecule has 16 heavy (non-hydrogen) atoms. The van der Waals surface area contributed by atoms with Crippen LogP contribution in [0.3, 0.4) is 0 Å². The summed E-state index contributed by atoms with van der Waals surface area (Å²) in [6.45, 7) is 5.66. The van der Waals surface area contributed by atoms with Crippen LogP contribution in [-0.2, 0) is 4.74 Å². The summed E-state index contributed by atoms with van der Waals surface area (Å²) in [5.41, 5.74) is 0.865. The molecule has 4 heteroatoms. The highest BCUT2D eigenvalue weighted by Crippen LogP contribution is 2.12. The van der Waals surface area contributed by atoms with Crippen LogP contribution < -0.4 is 5.32 Å². The van der Waals surface area contributed by atoms with Crippen molar-refractivity contribution >= 4 is 0 Å². The van der Waals surface area contributed by atoms with Crippen LogP contribution in [0.1, 0.15) is 25.5 Å². The molecule has 90 valence electrons. The third-order valence-electron chi connectivity index (χ3n) is 2.45. The molecule has 0 radical (unpaired) electrons. The Labute approximate surface area is 96.0 Å². The summed E-state index contributed by atoms with van der Waals surface area (Å²) in [6.07, 6.45) is 2.89. The van der Waals surface area contributed by atoms with Gasteiger partial charge >= 0.3 is 0 Å². The first-order valence-corrected chi connectivity index (χ1v) is 5.46. The Morgan fingerprint density at radius 3 is 2.81 bits per heavy atom. The van der Waals surface area contributed by atoms with Crippen LogP contribution in [0.15, 0.2) is 18.5 Å². The van der Waals surface area contributed by atoms with Gasteiger partial charge in [-0.2, -0.15) is 0 Å². The lowest BCUT2D eigenvalue weighted by Gasteiger charge is -2.17. The molecule has 0 aliphatic carbocycles. The number of nitrogens with zero attached hydrogens (tertiary/aromatic N) is 1. The second-order valence-corrected chi connectivity index (χ2v) is 4.13. The lowest BCUT2D eigenvalue weighted by Crippen LogP contribution is -2.26. The smallest absolute Gasteiger partial charge is 0.141 e. The van der Waals surface area contributed by atoms with Gasteiger partial charge in [-0.15, -0.1) is 0 Å². The van der Waals surface area contributed by atoms with E-state index in [9.17, 15) is 4.39 Å². The Bertz CT molecular complexity index is 320. The molecular weight excluding hydrogens is 207 g/mol. The Kier molecular flexibility index (Phi) is 5.35. The standard InChI is InChI=1S/C12H19FN2O/c1-9(8-16-3)5-15-10(2)11-4-12(13)7-14-6-11/h4,6-7,9-10,15H,5,8H2,1-3H3. The van der Waals surface area contributed by atoms with Crippen LogP contribution in [0.2, 0.25) is 0 Å². The summed E-state index contributed by atoms with van der Waals surface area (Å²) in [5.74, 6) is 0.144. The molecule has 1 rings (SSSR count). The topological polar surface area (TPSA) is 34.1 Å². The molecule has 0 saturated heterocycles. The van der Waals surface area contributed by atoms with Gasteiger partial charge in [0.15, 0.2) is 0 Å². The van der Waals surface area contributed by atoms with E-state index < -0.39 is 0 Å². The minimum atomic E-state index is -0.295. The number of ether oxygens (including phenoxy) is 1. The van der Waals surface area contributed by atoms with E-state index >= 15 is 0 Å². The highest BCUT2D eigenvalue weighted by Gasteiger charge is 2.08. The van der Waals surface area contributed by atoms with Gasteiger partial charge in [0.1, 0.15) is 5.82 Å². The SMILES string of the molecule is COCC(C)CNC(C)c1cncc(F)c1. The minimum Gasteiger partial charge on any atom is -0.384 e. The highest BCUT2D eigenvalue weighted by atomic mass is 19.1. The monoisotopic (exact) mass is 226 g/mol. The van der Waals surface area contributed by atoms with Crippen molar-refractivity contribution in [3.8, 4) is 0 Å². The number of pyridine rings is 1. The van der Waals surface area contributed by atoms with Gasteiger partial charge in [0.2, 0.25) is 0 Å². The van der Waals surface area contributed by atoms with Crippen LogP contribution in [-0.4, -0.2) is 25.2 Å². The van der Waals surface area contributed by atoms with E-state index in [1.165, 1.54) is 12.3 Å². The van der Waals surface area contributed by atoms with E-state index in [-0.39, 0.29) is 11.9 Å². The highest BCUT2D eigenvalue weighted by molar-refractivity contribution is 5.14. The van der Waals surface area contributed by atoms with E-state index in [1.54, 1.807) is 13.3 Å². The number of hydrogen-bond acceptors (Lipinski definition) is 3. The zero-order chi connectivity index (χ0) is 12.0. The van der Waals surface area contributed by atoms with Crippen molar-refractivity contribution in [1.29, 1.82) is 0 Å². The molecule has 0 bridgehead atoms. The average molecular weight is 226 g/mol. The van der Waals surface area contributed by atoms with Crippen LogP contribution >= 0.6 is 0 Å². The third kappa shape index (κ3) is 4.24. The maximum Gasteiger partial charge on any atom is 0.141 e. The Hall–Kier alpha value is -1.00. The largest absolute Gasteiger partial charge is 0.384 e. The lowest BCUT2D eigenvalue weighted by molar-refractivity contribution is 0.157. The normalized spacial score (nSPS) is 14.8. The van der Waals surface area contributed by atoms with Gasteiger partial charge in [0.05, 0.1) is 6.20 Å². The van der Waals surface area contributed by atoms with Gasteiger partial charge in [-0.05, 0) is 24.5 Å². The van der Waals surface area contributed by atoms with E-state index in [0.717, 1.165) is 18.7 Å². The number of hydrogen-bond donors (Lipinski definition) is 1. The van der Waals surface area contributed by atoms with E-state index in [1.807, 2.05) is 6.92 Å². The van der Waals surface area contributed by atoms with Gasteiger partial charge < -0.3 is 10.1 Å². The second-order valence-electron chi connectivity index (χ2n) is 4.13. The minimum absolute atomic E-state index is 0.0995. The summed E-state index contributed by atoms with van der Waals surface area (Å²) in [5, 5.41) is 3.32. The molecule has 1 aromatic rings. The van der Waals surface area contributed by atoms with Gasteiger partial charge in [-0.3, -0.25) is 4.98 Å². The van der Waals surface area contributed by atoms with Crippen LogP contribution in [0.25, 0.3) is 0 Å². The molecule has 0 saturated carbocycles. The summed E-state index contributed by atoms with van der Waals surface area (Å²) >= 11 is 0. The number of aromatic nitrogens is 1. The Balaban J connectivity index is 2.43. The van der Waals surface area contributed by atoms with Crippen molar-refractivity contribution in [3.63, 3.8) is 0 Å². The summed E-state index contributed by atoms with van der Waals surface area (Å²) in [7, 11) is 1.69. The molecular formula is C12H19FN2O. The predicted molar refractivity (Wildman–Crippen MR) is 61.7 cm³/mol. The van der Waals surface area contributed by atoms with Crippen molar-refractivity contribution in [2.24, 2.45) is 5.92 Å². The zero-order valence-corrected chi connectivity index (χ0v) is 10.0. The van der Waals surface area contributed by atoms with E-state index in [2.05, 4.69) is 17.2 Å². The Morgan fingerprint density at radius 1 is 1.44 bits per heavy atom. The molecule has 0 aliphatic heterocycles. The quantitative estimate of drug-likeness (QED) is 0.807. The summed E-state index contributed by atoms with van der Waals surface area (Å²) in [4.78, 5) is 3.83. The van der Waals surface area contributed by atoms with Crippen molar-refractivity contribution in [2.45, 2.75) is 19.9 Å². The molecule has 1 heterocycles. The van der Waals surface area contributed by atoms with Gasteiger partial charge in [0, 0.05) is 32.5 Å². The first kappa shape index (κ1) is 13.1. The van der Waals surface area contributed by atoms with E-state index in [4.69, 9.17) is 4.74 Å². The molecule has 1 N–H and O–H groups in total. The van der Waals surface area contributed by atoms with Gasteiger partial charge in [-0.1, -0.05) is 6.92 Å². The molecule has 0 fully saturated rings. The van der Waals surface area contributed by atoms with Crippen LogP contribution in [0, 0.1) is 11.7 Å². The summed E-state index contributed by atoms with van der Waals surface area (Å²) in [6, 6.07) is 1.61. The van der Waals surface area contributed by atoms with Crippen molar-refractivity contribution in [2.75, 3.05) is 20.3 Å². The maximum atomic E-state index is 12.9. The van der Waals surface area contributed by atoms with Crippen molar-refractivity contribution in [3.05, 3.63) is 29.8 Å². The second kappa shape index (κ2) is 6.55. The third-order valence-corrected chi connectivity index (χ3v) is 2.45. The summed E-state index contributed by atoms with van der Waals surface area (Å²) < 4.78 is 18.0. The zero-order valence-electron chi connectivity index (χ0n) is 10.0. The average Bonchev–Trinajstić information content (AvgIpc) is 2.26. The molecule has 0 aliphatic rings. The van der Waals surface area contributed by atoms with Gasteiger partial charge in [-0.25, -0.2) is 4.39 Å². The fraction of sp³-hybridized carbons (Fsp3) is 0.583. The molecule has 2 atom stereocenters. The molecule has 0 aromatic carbocycles. The molecule has 1 aromatic heterocycles.